The van der Waals surface area contributed by atoms with Crippen LogP contribution in [0.4, 0.5) is 5.69 Å². The number of nitrogens with two attached hydrogens (primary N) is 1. The second kappa shape index (κ2) is 8.36. The van der Waals surface area contributed by atoms with E-state index >= 15 is 0 Å². The number of rotatable bonds is 6. The molecule has 0 saturated heterocycles. The maximum atomic E-state index is 12.2. The third-order valence-electron chi connectivity index (χ3n) is 4.04. The van der Waals surface area contributed by atoms with Gasteiger partial charge in [0.25, 0.3) is 5.91 Å². The van der Waals surface area contributed by atoms with Gasteiger partial charge in [-0.05, 0) is 45.0 Å². The zero-order valence-electron chi connectivity index (χ0n) is 16.0. The number of nitrogens with one attached hydrogen (secondary N) is 1. The fourth-order valence-corrected chi connectivity index (χ4v) is 3.00. The van der Waals surface area contributed by atoms with Crippen molar-refractivity contribution in [2.45, 2.75) is 31.8 Å². The van der Waals surface area contributed by atoms with E-state index in [4.69, 9.17) is 9.88 Å². The number of carbonyl (C=O) groups excluding carboxylic acids is 2. The van der Waals surface area contributed by atoms with Crippen LogP contribution >= 0.6 is 0 Å². The summed E-state index contributed by atoms with van der Waals surface area (Å²) >= 11 is 0. The minimum Gasteiger partial charge on any atom is -0.449 e. The Hall–Kier alpha value is -2.98. The summed E-state index contributed by atoms with van der Waals surface area (Å²) in [6, 6.07) is 5.46. The van der Waals surface area contributed by atoms with Crippen LogP contribution in [-0.2, 0) is 31.4 Å². The average Bonchev–Trinajstić information content (AvgIpc) is 2.84. The van der Waals surface area contributed by atoms with Crippen LogP contribution in [0.5, 0.6) is 0 Å². The van der Waals surface area contributed by atoms with Crippen LogP contribution in [0.1, 0.15) is 23.9 Å². The molecular weight excluding hydrogens is 384 g/mol. The van der Waals surface area contributed by atoms with Gasteiger partial charge in [0.1, 0.15) is 0 Å². The molecule has 28 heavy (non-hydrogen) atoms. The molecule has 0 radical (unpaired) electrons. The van der Waals surface area contributed by atoms with Crippen molar-refractivity contribution in [3.8, 4) is 0 Å². The van der Waals surface area contributed by atoms with E-state index in [2.05, 4.69) is 10.4 Å². The van der Waals surface area contributed by atoms with Crippen LogP contribution in [0, 0.1) is 13.8 Å². The van der Waals surface area contributed by atoms with Crippen LogP contribution in [0.25, 0.3) is 6.08 Å². The highest BCUT2D eigenvalue weighted by Gasteiger charge is 2.18. The lowest BCUT2D eigenvalue weighted by Crippen LogP contribution is -2.29. The molecule has 150 valence electrons. The van der Waals surface area contributed by atoms with Crippen LogP contribution in [0.3, 0.4) is 0 Å². The van der Waals surface area contributed by atoms with Crippen LogP contribution in [-0.4, -0.2) is 36.2 Å². The van der Waals surface area contributed by atoms with Gasteiger partial charge < -0.3 is 10.1 Å². The van der Waals surface area contributed by atoms with E-state index in [1.807, 2.05) is 13.8 Å². The summed E-state index contributed by atoms with van der Waals surface area (Å²) in [5.41, 5.74) is 2.68. The molecule has 0 unspecified atom stereocenters. The molecule has 0 bridgehead atoms. The zero-order valence-corrected chi connectivity index (χ0v) is 16.8. The first-order chi connectivity index (χ1) is 13.0. The number of aromatic nitrogens is 2. The standard InChI is InChI=1S/C18H22N4O5S/c1-11-16(12(2)22(4)21-11)8-9-17(23)27-13(3)18(24)20-14-6-5-7-15(10-14)28(19,25)26/h5-10,13H,1-4H3,(H,20,24)(H2,19,25,26)/b9-8+/t13-/m0/s1. The van der Waals surface area contributed by atoms with E-state index in [0.29, 0.717) is 0 Å². The van der Waals surface area contributed by atoms with Crippen LogP contribution in [0.15, 0.2) is 35.2 Å². The number of anilines is 1. The van der Waals surface area contributed by atoms with E-state index in [-0.39, 0.29) is 10.6 Å². The van der Waals surface area contributed by atoms with E-state index in [1.165, 1.54) is 37.3 Å². The molecule has 0 aliphatic rings. The van der Waals surface area contributed by atoms with Gasteiger partial charge in [0.05, 0.1) is 10.6 Å². The number of esters is 1. The van der Waals surface area contributed by atoms with Gasteiger partial charge in [0.15, 0.2) is 6.10 Å². The average molecular weight is 406 g/mol. The van der Waals surface area contributed by atoms with Crippen molar-refractivity contribution in [1.29, 1.82) is 0 Å². The Kier molecular flexibility index (Phi) is 6.37. The molecule has 0 spiro atoms. The van der Waals surface area contributed by atoms with Crippen molar-refractivity contribution in [3.63, 3.8) is 0 Å². The molecule has 2 rings (SSSR count). The maximum Gasteiger partial charge on any atom is 0.331 e. The highest BCUT2D eigenvalue weighted by molar-refractivity contribution is 7.89. The Morgan fingerprint density at radius 1 is 1.32 bits per heavy atom. The van der Waals surface area contributed by atoms with Gasteiger partial charge >= 0.3 is 5.97 Å². The molecule has 0 saturated carbocycles. The number of benzene rings is 1. The normalized spacial score (nSPS) is 12.8. The number of primary sulfonamides is 1. The fourth-order valence-electron chi connectivity index (χ4n) is 2.44. The van der Waals surface area contributed by atoms with E-state index in [9.17, 15) is 18.0 Å². The Balaban J connectivity index is 2.00. The first-order valence-electron chi connectivity index (χ1n) is 8.31. The Labute approximate surface area is 163 Å². The van der Waals surface area contributed by atoms with Crippen LogP contribution < -0.4 is 10.5 Å². The number of nitrogens with zero attached hydrogens (tertiary/aromatic N) is 2. The Morgan fingerprint density at radius 2 is 2.00 bits per heavy atom. The van der Waals surface area contributed by atoms with Gasteiger partial charge in [-0.3, -0.25) is 9.48 Å². The van der Waals surface area contributed by atoms with Gasteiger partial charge in [-0.1, -0.05) is 6.07 Å². The topological polar surface area (TPSA) is 133 Å². The van der Waals surface area contributed by atoms with Crippen molar-refractivity contribution in [3.05, 3.63) is 47.3 Å². The molecule has 2 aromatic rings. The predicted octanol–water partition coefficient (Wildman–Crippen LogP) is 1.27. The third kappa shape index (κ3) is 5.27. The number of ether oxygens (including phenoxy) is 1. The molecule has 1 amide bonds. The first kappa shape index (κ1) is 21.3. The van der Waals surface area contributed by atoms with Gasteiger partial charge in [-0.25, -0.2) is 18.4 Å². The second-order valence-corrected chi connectivity index (χ2v) is 7.74. The smallest absolute Gasteiger partial charge is 0.331 e. The quantitative estimate of drug-likeness (QED) is 0.548. The lowest BCUT2D eigenvalue weighted by atomic mass is 10.2. The molecule has 1 heterocycles. The lowest BCUT2D eigenvalue weighted by Gasteiger charge is -2.12. The monoisotopic (exact) mass is 406 g/mol. The number of amides is 1. The van der Waals surface area contributed by atoms with Crippen molar-refractivity contribution < 1.29 is 22.7 Å². The molecular formula is C18H22N4O5S. The van der Waals surface area contributed by atoms with Crippen molar-refractivity contribution in [2.75, 3.05) is 5.32 Å². The molecule has 9 nitrogen and oxygen atoms in total. The molecule has 10 heteroatoms. The molecule has 0 fully saturated rings. The minimum atomic E-state index is -3.89. The van der Waals surface area contributed by atoms with E-state index in [0.717, 1.165) is 17.0 Å². The zero-order chi connectivity index (χ0) is 21.1. The van der Waals surface area contributed by atoms with E-state index in [1.54, 1.807) is 17.8 Å². The summed E-state index contributed by atoms with van der Waals surface area (Å²) in [5.74, 6) is -1.30. The Morgan fingerprint density at radius 3 is 2.57 bits per heavy atom. The maximum absolute atomic E-state index is 12.2. The van der Waals surface area contributed by atoms with Gasteiger partial charge in [-0.2, -0.15) is 5.10 Å². The van der Waals surface area contributed by atoms with Crippen LogP contribution in [0.2, 0.25) is 0 Å². The highest BCUT2D eigenvalue weighted by atomic mass is 32.2. The van der Waals surface area contributed by atoms with Gasteiger partial charge in [-0.15, -0.1) is 0 Å². The van der Waals surface area contributed by atoms with Crippen molar-refractivity contribution >= 4 is 33.7 Å². The molecule has 0 aliphatic heterocycles. The number of hydrogen-bond donors (Lipinski definition) is 2. The molecule has 0 aliphatic carbocycles. The molecule has 3 N–H and O–H groups in total. The fraction of sp³-hybridized carbons (Fsp3) is 0.278. The highest BCUT2D eigenvalue weighted by Crippen LogP contribution is 2.15. The summed E-state index contributed by atoms with van der Waals surface area (Å²) in [6.45, 7) is 5.10. The van der Waals surface area contributed by atoms with Gasteiger partial charge in [0.2, 0.25) is 10.0 Å². The summed E-state index contributed by atoms with van der Waals surface area (Å²) in [7, 11) is -2.09. The molecule has 1 aromatic heterocycles. The second-order valence-electron chi connectivity index (χ2n) is 6.18. The van der Waals surface area contributed by atoms with E-state index < -0.39 is 28.0 Å². The molecule has 1 aromatic carbocycles. The van der Waals surface area contributed by atoms with Crippen molar-refractivity contribution in [2.24, 2.45) is 12.2 Å². The summed E-state index contributed by atoms with van der Waals surface area (Å²) in [4.78, 5) is 24.0. The largest absolute Gasteiger partial charge is 0.449 e. The number of aryl methyl sites for hydroxylation is 2. The lowest BCUT2D eigenvalue weighted by molar-refractivity contribution is -0.148. The summed E-state index contributed by atoms with van der Waals surface area (Å²) in [5, 5.41) is 11.8. The molecule has 1 atom stereocenters. The summed E-state index contributed by atoms with van der Waals surface area (Å²) in [6.07, 6.45) is 1.72. The van der Waals surface area contributed by atoms with Crippen molar-refractivity contribution in [1.82, 2.24) is 9.78 Å². The Bertz CT molecular complexity index is 1040. The third-order valence-corrected chi connectivity index (χ3v) is 4.95. The number of carbonyl (C=O) groups is 2. The first-order valence-corrected chi connectivity index (χ1v) is 9.86. The SMILES string of the molecule is Cc1nn(C)c(C)c1/C=C/C(=O)O[C@@H](C)C(=O)Nc1cccc(S(N)(=O)=O)c1. The number of hydrogen-bond acceptors (Lipinski definition) is 6. The predicted molar refractivity (Wildman–Crippen MR) is 104 cm³/mol. The minimum absolute atomic E-state index is 0.139. The number of sulfonamides is 1. The summed E-state index contributed by atoms with van der Waals surface area (Å²) < 4.78 is 29.5. The van der Waals surface area contributed by atoms with Gasteiger partial charge in [0, 0.05) is 30.1 Å².